The van der Waals surface area contributed by atoms with Crippen LogP contribution in [-0.2, 0) is 19.7 Å². The van der Waals surface area contributed by atoms with Crippen LogP contribution < -0.4 is 10.2 Å². The third kappa shape index (κ3) is 5.68. The highest BCUT2D eigenvalue weighted by Gasteiger charge is 2.50. The molecule has 4 rings (SSSR count). The zero-order valence-electron chi connectivity index (χ0n) is 19.5. The van der Waals surface area contributed by atoms with Crippen LogP contribution in [-0.4, -0.2) is 67.1 Å². The largest absolute Gasteiger partial charge is 0.466 e. The van der Waals surface area contributed by atoms with E-state index in [0.717, 1.165) is 21.2 Å². The molecule has 1 aromatic carbocycles. The molecule has 0 aliphatic carbocycles. The maximum absolute atomic E-state index is 13.3. The number of amides is 3. The fourth-order valence-corrected chi connectivity index (χ4v) is 6.55. The Morgan fingerprint density at radius 1 is 1.31 bits per heavy atom. The van der Waals surface area contributed by atoms with Crippen molar-refractivity contribution < 1.29 is 23.9 Å². The summed E-state index contributed by atoms with van der Waals surface area (Å²) < 4.78 is 10.8. The Labute approximate surface area is 217 Å². The van der Waals surface area contributed by atoms with E-state index < -0.39 is 5.41 Å². The normalized spacial score (nSPS) is 18.6. The van der Waals surface area contributed by atoms with Crippen molar-refractivity contribution >= 4 is 63.6 Å². The van der Waals surface area contributed by atoms with Gasteiger partial charge in [0.25, 0.3) is 0 Å². The number of esters is 1. The number of halogens is 1. The highest BCUT2D eigenvalue weighted by Crippen LogP contribution is 2.47. The van der Waals surface area contributed by atoms with E-state index in [4.69, 9.17) is 21.1 Å². The van der Waals surface area contributed by atoms with Gasteiger partial charge in [-0.25, -0.2) is 14.6 Å². The number of carbonyl (C=O) groups excluding carboxylic acids is 3. The predicted molar refractivity (Wildman–Crippen MR) is 137 cm³/mol. The number of carbonyl (C=O) groups is 3. The van der Waals surface area contributed by atoms with Crippen molar-refractivity contribution in [2.75, 3.05) is 49.3 Å². The van der Waals surface area contributed by atoms with Crippen LogP contribution in [0.2, 0.25) is 5.02 Å². The van der Waals surface area contributed by atoms with E-state index in [2.05, 4.69) is 10.3 Å². The number of anilines is 2. The Morgan fingerprint density at radius 3 is 2.91 bits per heavy atom. The van der Waals surface area contributed by atoms with Gasteiger partial charge in [-0.15, -0.1) is 11.8 Å². The van der Waals surface area contributed by atoms with Gasteiger partial charge in [-0.2, -0.15) is 0 Å². The first kappa shape index (κ1) is 25.6. The molecule has 12 heteroatoms. The molecule has 188 valence electrons. The number of nitrogens with one attached hydrogen (secondary N) is 1. The van der Waals surface area contributed by atoms with Crippen molar-refractivity contribution in [1.82, 2.24) is 9.88 Å². The summed E-state index contributed by atoms with van der Waals surface area (Å²) in [4.78, 5) is 44.5. The predicted octanol–water partition coefficient (Wildman–Crippen LogP) is 4.99. The number of rotatable bonds is 7. The Bertz CT molecular complexity index is 1110. The van der Waals surface area contributed by atoms with Gasteiger partial charge >= 0.3 is 18.1 Å². The Kier molecular flexibility index (Phi) is 8.08. The van der Waals surface area contributed by atoms with Gasteiger partial charge in [-0.3, -0.25) is 15.0 Å². The lowest BCUT2D eigenvalue weighted by atomic mass is 9.81. The second-order valence-electron chi connectivity index (χ2n) is 8.34. The number of methoxy groups -OCH3 is 1. The highest BCUT2D eigenvalue weighted by molar-refractivity contribution is 8.01. The number of nitrogens with zero attached hydrogens (tertiary/aromatic N) is 3. The fourth-order valence-electron chi connectivity index (χ4n) is 4.49. The minimum absolute atomic E-state index is 0.188. The summed E-state index contributed by atoms with van der Waals surface area (Å²) >= 11 is 9.28. The first-order valence-corrected chi connectivity index (χ1v) is 13.5. The molecule has 2 aliphatic heterocycles. The number of fused-ring (bicyclic) bond motifs is 2. The zero-order valence-corrected chi connectivity index (χ0v) is 21.9. The number of thiazole rings is 1. The molecule has 1 aromatic heterocycles. The molecule has 0 bridgehead atoms. The molecule has 1 fully saturated rings. The van der Waals surface area contributed by atoms with Crippen molar-refractivity contribution in [3.63, 3.8) is 0 Å². The molecular formula is C23H27ClN4O5S2. The van der Waals surface area contributed by atoms with E-state index in [1.54, 1.807) is 40.7 Å². The van der Waals surface area contributed by atoms with Gasteiger partial charge in [0.1, 0.15) is 0 Å². The van der Waals surface area contributed by atoms with E-state index in [0.29, 0.717) is 55.7 Å². The molecule has 3 heterocycles. The first-order chi connectivity index (χ1) is 16.8. The summed E-state index contributed by atoms with van der Waals surface area (Å²) in [6, 6.07) is 5.22. The van der Waals surface area contributed by atoms with E-state index in [9.17, 15) is 14.4 Å². The minimum atomic E-state index is -0.394. The topological polar surface area (TPSA) is 101 Å². The van der Waals surface area contributed by atoms with Crippen molar-refractivity contribution in [3.05, 3.63) is 35.0 Å². The van der Waals surface area contributed by atoms with Crippen LogP contribution in [0.4, 0.5) is 20.4 Å². The first-order valence-electron chi connectivity index (χ1n) is 11.3. The molecule has 0 radical (unpaired) electrons. The Morgan fingerprint density at radius 2 is 2.14 bits per heavy atom. The second-order valence-corrected chi connectivity index (χ2v) is 11.2. The number of thioether (sulfide) groups is 1. The van der Waals surface area contributed by atoms with Gasteiger partial charge in [0, 0.05) is 42.2 Å². The Hall–Kier alpha value is -2.50. The van der Waals surface area contributed by atoms with E-state index in [1.807, 2.05) is 12.1 Å². The van der Waals surface area contributed by atoms with Gasteiger partial charge in [0.2, 0.25) is 0 Å². The van der Waals surface area contributed by atoms with E-state index >= 15 is 0 Å². The summed E-state index contributed by atoms with van der Waals surface area (Å²) in [7, 11) is 1.37. The number of hydrogen-bond donors (Lipinski definition) is 1. The summed E-state index contributed by atoms with van der Waals surface area (Å²) in [5, 5.41) is 4.00. The number of ether oxygens (including phenoxy) is 2. The maximum Gasteiger partial charge on any atom is 0.409 e. The SMILES string of the molecule is CCOC(=O)CCCSc1cnc(NC(=O)N2CC3(CCN(C(=O)OC)C3)c3cc(Cl)ccc32)s1. The molecule has 9 nitrogen and oxygen atoms in total. The molecule has 1 N–H and O–H groups in total. The van der Waals surface area contributed by atoms with Gasteiger partial charge < -0.3 is 14.4 Å². The number of aromatic nitrogens is 1. The van der Waals surface area contributed by atoms with Crippen LogP contribution in [0.15, 0.2) is 28.6 Å². The monoisotopic (exact) mass is 538 g/mol. The third-order valence-electron chi connectivity index (χ3n) is 6.09. The quantitative estimate of drug-likeness (QED) is 0.301. The number of likely N-dealkylation sites (tertiary alicyclic amines) is 1. The zero-order chi connectivity index (χ0) is 25.0. The summed E-state index contributed by atoms with van der Waals surface area (Å²) in [6.07, 6.45) is 3.16. The fraction of sp³-hybridized carbons (Fsp3) is 0.478. The summed E-state index contributed by atoms with van der Waals surface area (Å²) in [5.74, 6) is 0.570. The molecule has 1 unspecified atom stereocenters. The van der Waals surface area contributed by atoms with Crippen molar-refractivity contribution in [1.29, 1.82) is 0 Å². The minimum Gasteiger partial charge on any atom is -0.466 e. The van der Waals surface area contributed by atoms with Gasteiger partial charge in [-0.05, 0) is 49.3 Å². The average Bonchev–Trinajstić information content (AvgIpc) is 3.55. The lowest BCUT2D eigenvalue weighted by Gasteiger charge is -2.25. The van der Waals surface area contributed by atoms with E-state index in [1.165, 1.54) is 18.4 Å². The van der Waals surface area contributed by atoms with Gasteiger partial charge in [0.15, 0.2) is 5.13 Å². The third-order valence-corrected chi connectivity index (χ3v) is 8.52. The van der Waals surface area contributed by atoms with Gasteiger partial charge in [-0.1, -0.05) is 22.9 Å². The molecule has 2 aromatic rings. The van der Waals surface area contributed by atoms with Crippen LogP contribution in [0, 0.1) is 0 Å². The molecule has 2 aliphatic rings. The Balaban J connectivity index is 1.40. The lowest BCUT2D eigenvalue weighted by Crippen LogP contribution is -2.41. The lowest BCUT2D eigenvalue weighted by molar-refractivity contribution is -0.143. The highest BCUT2D eigenvalue weighted by atomic mass is 35.5. The summed E-state index contributed by atoms with van der Waals surface area (Å²) in [6.45, 7) is 3.63. The maximum atomic E-state index is 13.3. The number of urea groups is 1. The smallest absolute Gasteiger partial charge is 0.409 e. The standard InChI is InChI=1S/C23H27ClN4O5S2/c1-3-33-18(29)5-4-10-34-19-12-25-20(35-19)26-21(30)28-14-23(8-9-27(13-23)22(31)32-2)16-11-15(24)6-7-17(16)28/h6-7,11-12H,3-5,8-10,13-14H2,1-2H3,(H,25,26,30). The molecule has 1 spiro atoms. The van der Waals surface area contributed by atoms with E-state index in [-0.39, 0.29) is 18.1 Å². The van der Waals surface area contributed by atoms with Crippen molar-refractivity contribution in [2.24, 2.45) is 0 Å². The van der Waals surface area contributed by atoms with Crippen LogP contribution in [0.1, 0.15) is 31.7 Å². The molecule has 35 heavy (non-hydrogen) atoms. The summed E-state index contributed by atoms with van der Waals surface area (Å²) in [5.41, 5.74) is 1.35. The van der Waals surface area contributed by atoms with Crippen LogP contribution >= 0.6 is 34.7 Å². The molecule has 1 atom stereocenters. The average molecular weight is 539 g/mol. The second kappa shape index (κ2) is 11.0. The number of hydrogen-bond acceptors (Lipinski definition) is 8. The molecule has 0 saturated carbocycles. The molecular weight excluding hydrogens is 512 g/mol. The van der Waals surface area contributed by atoms with Crippen molar-refractivity contribution in [3.8, 4) is 0 Å². The van der Waals surface area contributed by atoms with Crippen LogP contribution in [0.25, 0.3) is 0 Å². The van der Waals surface area contributed by atoms with Gasteiger partial charge in [0.05, 0.1) is 24.1 Å². The molecule has 3 amide bonds. The number of benzene rings is 1. The van der Waals surface area contributed by atoms with Crippen LogP contribution in [0.5, 0.6) is 0 Å². The van der Waals surface area contributed by atoms with Crippen LogP contribution in [0.3, 0.4) is 0 Å². The molecule has 1 saturated heterocycles. The van der Waals surface area contributed by atoms with Crippen molar-refractivity contribution in [2.45, 2.75) is 35.8 Å².